The molecule has 1 atom stereocenters. The zero-order valence-corrected chi connectivity index (χ0v) is 13.3. The first-order valence-corrected chi connectivity index (χ1v) is 7.10. The van der Waals surface area contributed by atoms with E-state index in [1.54, 1.807) is 31.6 Å². The number of benzene rings is 1. The number of hydrogen-bond donors (Lipinski definition) is 1. The fraction of sp³-hybridized carbons (Fsp3) is 0.308. The molecule has 7 heteroatoms. The van der Waals surface area contributed by atoms with E-state index < -0.39 is 0 Å². The minimum absolute atomic E-state index is 0.114. The van der Waals surface area contributed by atoms with Crippen molar-refractivity contribution in [3.63, 3.8) is 0 Å². The van der Waals surface area contributed by atoms with Crippen LogP contribution < -0.4 is 5.32 Å². The zero-order chi connectivity index (χ0) is 14.7. The van der Waals surface area contributed by atoms with Gasteiger partial charge in [0.1, 0.15) is 0 Å². The number of nitrogens with one attached hydrogen (secondary N) is 1. The van der Waals surface area contributed by atoms with Crippen LogP contribution in [0.4, 0.5) is 5.95 Å². The lowest BCUT2D eigenvalue weighted by Gasteiger charge is -2.16. The van der Waals surface area contributed by atoms with Gasteiger partial charge in [-0.15, -0.1) is 0 Å². The predicted molar refractivity (Wildman–Crippen MR) is 83.6 cm³/mol. The van der Waals surface area contributed by atoms with E-state index in [0.717, 1.165) is 0 Å². The highest BCUT2D eigenvalue weighted by Crippen LogP contribution is 2.32. The maximum Gasteiger partial charge on any atom is 0.207 e. The van der Waals surface area contributed by atoms with Crippen molar-refractivity contribution >= 4 is 40.8 Å². The first kappa shape index (κ1) is 15.4. The molecule has 1 unspecified atom stereocenters. The van der Waals surface area contributed by atoms with Gasteiger partial charge in [0.05, 0.1) is 27.4 Å². The van der Waals surface area contributed by atoms with E-state index in [1.165, 1.54) is 0 Å². The molecule has 0 fully saturated rings. The normalized spacial score (nSPS) is 12.4. The predicted octanol–water partition coefficient (Wildman–Crippen LogP) is 4.28. The van der Waals surface area contributed by atoms with E-state index in [1.807, 2.05) is 11.5 Å². The van der Waals surface area contributed by atoms with Crippen molar-refractivity contribution in [3.05, 3.63) is 39.6 Å². The summed E-state index contributed by atoms with van der Waals surface area (Å²) in [7, 11) is 1.65. The highest BCUT2D eigenvalue weighted by atomic mass is 35.5. The summed E-state index contributed by atoms with van der Waals surface area (Å²) in [4.78, 5) is 4.27. The maximum absolute atomic E-state index is 6.22. The van der Waals surface area contributed by atoms with Gasteiger partial charge in [-0.25, -0.2) is 4.98 Å². The Labute approximate surface area is 132 Å². The van der Waals surface area contributed by atoms with E-state index in [2.05, 4.69) is 10.3 Å². The van der Waals surface area contributed by atoms with Crippen molar-refractivity contribution in [2.45, 2.75) is 13.0 Å². The summed E-state index contributed by atoms with van der Waals surface area (Å²) in [5.74, 6) is 0.662. The Balaban J connectivity index is 2.35. The summed E-state index contributed by atoms with van der Waals surface area (Å²) in [6.07, 6.45) is 3.48. The van der Waals surface area contributed by atoms with Crippen LogP contribution in [0.1, 0.15) is 6.92 Å². The minimum atomic E-state index is 0.114. The second kappa shape index (κ2) is 6.68. The van der Waals surface area contributed by atoms with E-state index in [9.17, 15) is 0 Å². The molecule has 1 aromatic carbocycles. The Kier molecular flexibility index (Phi) is 5.16. The first-order chi connectivity index (χ1) is 9.52. The number of nitrogens with zero attached hydrogens (tertiary/aromatic N) is 2. The van der Waals surface area contributed by atoms with Gasteiger partial charge in [-0.3, -0.25) is 4.57 Å². The molecule has 0 aliphatic heterocycles. The number of anilines is 1. The number of aromatic nitrogens is 2. The Morgan fingerprint density at radius 3 is 2.65 bits per heavy atom. The maximum atomic E-state index is 6.22. The standard InChI is InChI=1S/C13H14Cl3N3O/c1-8(7-20-2)18-13-17-3-4-19(13)12-6-10(15)9(14)5-11(12)16/h3-6,8H,7H2,1-2H3,(H,17,18). The summed E-state index contributed by atoms with van der Waals surface area (Å²) < 4.78 is 6.91. The van der Waals surface area contributed by atoms with Crippen LogP contribution in [0.5, 0.6) is 0 Å². The van der Waals surface area contributed by atoms with Gasteiger partial charge in [-0.2, -0.15) is 0 Å². The van der Waals surface area contributed by atoms with Crippen LogP contribution in [0.15, 0.2) is 24.5 Å². The molecule has 0 saturated carbocycles. The molecular weight excluding hydrogens is 321 g/mol. The summed E-state index contributed by atoms with van der Waals surface area (Å²) in [6, 6.07) is 3.44. The zero-order valence-electron chi connectivity index (χ0n) is 11.0. The molecule has 0 radical (unpaired) electrons. The molecule has 0 saturated heterocycles. The number of rotatable bonds is 5. The first-order valence-electron chi connectivity index (χ1n) is 5.96. The van der Waals surface area contributed by atoms with Gasteiger partial charge in [-0.1, -0.05) is 34.8 Å². The SMILES string of the molecule is COCC(C)Nc1nccn1-c1cc(Cl)c(Cl)cc1Cl. The molecule has 4 nitrogen and oxygen atoms in total. The molecule has 1 aromatic heterocycles. The molecule has 20 heavy (non-hydrogen) atoms. The van der Waals surface area contributed by atoms with E-state index >= 15 is 0 Å². The van der Waals surface area contributed by atoms with Crippen LogP contribution in [0.2, 0.25) is 15.1 Å². The van der Waals surface area contributed by atoms with Crippen LogP contribution in [0.25, 0.3) is 5.69 Å². The molecule has 2 aromatic rings. The molecule has 2 rings (SSSR count). The summed E-state index contributed by atoms with van der Waals surface area (Å²) >= 11 is 18.2. The molecule has 1 N–H and O–H groups in total. The quantitative estimate of drug-likeness (QED) is 0.830. The fourth-order valence-corrected chi connectivity index (χ4v) is 2.45. The third-order valence-electron chi connectivity index (χ3n) is 2.68. The smallest absolute Gasteiger partial charge is 0.207 e. The third kappa shape index (κ3) is 3.38. The highest BCUT2D eigenvalue weighted by Gasteiger charge is 2.13. The number of methoxy groups -OCH3 is 1. The lowest BCUT2D eigenvalue weighted by Crippen LogP contribution is -2.22. The number of imidazole rings is 1. The average molecular weight is 335 g/mol. The lowest BCUT2D eigenvalue weighted by atomic mass is 10.3. The second-order valence-electron chi connectivity index (χ2n) is 4.34. The molecule has 0 bridgehead atoms. The van der Waals surface area contributed by atoms with Crippen molar-refractivity contribution in [2.75, 3.05) is 19.0 Å². The third-order valence-corrected chi connectivity index (χ3v) is 3.71. The van der Waals surface area contributed by atoms with Gasteiger partial charge in [0.25, 0.3) is 0 Å². The lowest BCUT2D eigenvalue weighted by molar-refractivity contribution is 0.190. The van der Waals surface area contributed by atoms with Crippen molar-refractivity contribution in [3.8, 4) is 5.69 Å². The summed E-state index contributed by atoms with van der Waals surface area (Å²) in [5.41, 5.74) is 0.714. The average Bonchev–Trinajstić information content (AvgIpc) is 2.82. The fourth-order valence-electron chi connectivity index (χ4n) is 1.81. The van der Waals surface area contributed by atoms with Crippen molar-refractivity contribution in [1.29, 1.82) is 0 Å². The topological polar surface area (TPSA) is 39.1 Å². The molecule has 0 aliphatic rings. The number of halogens is 3. The summed E-state index contributed by atoms with van der Waals surface area (Å²) in [5, 5.41) is 4.60. The van der Waals surface area contributed by atoms with Gasteiger partial charge in [0.2, 0.25) is 5.95 Å². The van der Waals surface area contributed by atoms with Crippen LogP contribution in [0.3, 0.4) is 0 Å². The van der Waals surface area contributed by atoms with E-state index in [0.29, 0.717) is 33.3 Å². The van der Waals surface area contributed by atoms with Crippen LogP contribution >= 0.6 is 34.8 Å². The van der Waals surface area contributed by atoms with E-state index in [4.69, 9.17) is 39.5 Å². The second-order valence-corrected chi connectivity index (χ2v) is 5.56. The minimum Gasteiger partial charge on any atom is -0.383 e. The monoisotopic (exact) mass is 333 g/mol. The van der Waals surface area contributed by atoms with Crippen LogP contribution in [-0.2, 0) is 4.74 Å². The van der Waals surface area contributed by atoms with Gasteiger partial charge >= 0.3 is 0 Å². The molecule has 0 spiro atoms. The largest absolute Gasteiger partial charge is 0.383 e. The molecule has 0 aliphatic carbocycles. The van der Waals surface area contributed by atoms with Crippen molar-refractivity contribution in [1.82, 2.24) is 9.55 Å². The Morgan fingerprint density at radius 1 is 1.25 bits per heavy atom. The molecule has 1 heterocycles. The molecular formula is C13H14Cl3N3O. The van der Waals surface area contributed by atoms with Crippen molar-refractivity contribution in [2.24, 2.45) is 0 Å². The molecule has 108 valence electrons. The van der Waals surface area contributed by atoms with Crippen LogP contribution in [-0.4, -0.2) is 29.3 Å². The van der Waals surface area contributed by atoms with Gasteiger partial charge < -0.3 is 10.1 Å². The highest BCUT2D eigenvalue weighted by molar-refractivity contribution is 6.43. The number of hydrogen-bond acceptors (Lipinski definition) is 3. The number of ether oxygens (including phenoxy) is 1. The Hall–Kier alpha value is -0.940. The van der Waals surface area contributed by atoms with Crippen LogP contribution in [0, 0.1) is 0 Å². The van der Waals surface area contributed by atoms with Gasteiger partial charge in [-0.05, 0) is 19.1 Å². The van der Waals surface area contributed by atoms with Crippen molar-refractivity contribution < 1.29 is 4.74 Å². The molecule has 0 amide bonds. The summed E-state index contributed by atoms with van der Waals surface area (Å²) in [6.45, 7) is 2.57. The van der Waals surface area contributed by atoms with Gasteiger partial charge in [0.15, 0.2) is 0 Å². The Morgan fingerprint density at radius 2 is 1.95 bits per heavy atom. The van der Waals surface area contributed by atoms with Gasteiger partial charge in [0, 0.05) is 25.5 Å². The van der Waals surface area contributed by atoms with E-state index in [-0.39, 0.29) is 6.04 Å². The Bertz CT molecular complexity index is 601.